The first kappa shape index (κ1) is 30.1. The smallest absolute Gasteiger partial charge is 0.355 e. The molecular formula is C29H29F4N5O2. The predicted octanol–water partition coefficient (Wildman–Crippen LogP) is 5.88. The van der Waals surface area contributed by atoms with Crippen LogP contribution >= 0.6 is 0 Å². The molecule has 0 heterocycles. The minimum atomic E-state index is -4.93. The van der Waals surface area contributed by atoms with Crippen LogP contribution in [0.3, 0.4) is 0 Å². The number of urea groups is 1. The molecule has 3 aromatic carbocycles. The zero-order valence-electron chi connectivity index (χ0n) is 22.1. The third-order valence-corrected chi connectivity index (χ3v) is 5.94. The van der Waals surface area contributed by atoms with E-state index in [-0.39, 0.29) is 31.0 Å². The van der Waals surface area contributed by atoms with E-state index in [1.54, 1.807) is 42.5 Å². The number of rotatable bonds is 10. The molecule has 0 saturated carbocycles. The summed E-state index contributed by atoms with van der Waals surface area (Å²) in [7, 11) is 3.76. The maximum atomic E-state index is 13.7. The van der Waals surface area contributed by atoms with Crippen molar-refractivity contribution in [3.8, 4) is 17.2 Å². The zero-order chi connectivity index (χ0) is 29.3. The molecule has 2 N–H and O–H groups in total. The van der Waals surface area contributed by atoms with Gasteiger partial charge in [0.1, 0.15) is 5.82 Å². The highest BCUT2D eigenvalue weighted by Crippen LogP contribution is 2.33. The summed E-state index contributed by atoms with van der Waals surface area (Å²) in [6, 6.07) is 17.4. The Bertz CT molecular complexity index is 1370. The maximum absolute atomic E-state index is 13.7. The van der Waals surface area contributed by atoms with Gasteiger partial charge in [0.2, 0.25) is 5.91 Å². The highest BCUT2D eigenvalue weighted by molar-refractivity contribution is 6.02. The van der Waals surface area contributed by atoms with Crippen LogP contribution in [0.25, 0.3) is 11.1 Å². The molecule has 3 rings (SSSR count). The van der Waals surface area contributed by atoms with Crippen molar-refractivity contribution in [3.05, 3.63) is 83.7 Å². The van der Waals surface area contributed by atoms with Gasteiger partial charge >= 0.3 is 12.2 Å². The second-order valence-corrected chi connectivity index (χ2v) is 9.27. The molecule has 0 aliphatic heterocycles. The van der Waals surface area contributed by atoms with Crippen molar-refractivity contribution >= 4 is 23.3 Å². The molecule has 0 radical (unpaired) electrons. The first-order chi connectivity index (χ1) is 19.0. The molecular weight excluding hydrogens is 526 g/mol. The summed E-state index contributed by atoms with van der Waals surface area (Å²) in [6.07, 6.45) is -4.52. The van der Waals surface area contributed by atoms with E-state index >= 15 is 0 Å². The van der Waals surface area contributed by atoms with Crippen molar-refractivity contribution in [2.24, 2.45) is 0 Å². The van der Waals surface area contributed by atoms with Crippen LogP contribution < -0.4 is 15.5 Å². The maximum Gasteiger partial charge on any atom is 0.419 e. The topological polar surface area (TPSA) is 88.5 Å². The van der Waals surface area contributed by atoms with Crippen LogP contribution in [0.2, 0.25) is 0 Å². The van der Waals surface area contributed by atoms with Gasteiger partial charge in [0.25, 0.3) is 0 Å². The molecule has 3 aromatic rings. The predicted molar refractivity (Wildman–Crippen MR) is 145 cm³/mol. The van der Waals surface area contributed by atoms with E-state index in [1.807, 2.05) is 25.1 Å². The number of anilines is 2. The molecule has 3 amide bonds. The highest BCUT2D eigenvalue weighted by Gasteiger charge is 2.34. The lowest BCUT2D eigenvalue weighted by atomic mass is 10.0. The Balaban J connectivity index is 1.80. The van der Waals surface area contributed by atoms with Crippen LogP contribution in [0, 0.1) is 17.1 Å². The number of carbonyl (C=O) groups is 2. The average Bonchev–Trinajstić information content (AvgIpc) is 2.91. The summed E-state index contributed by atoms with van der Waals surface area (Å²) in [5, 5.41) is 14.4. The first-order valence-corrected chi connectivity index (χ1v) is 12.4. The van der Waals surface area contributed by atoms with E-state index < -0.39 is 23.6 Å². The summed E-state index contributed by atoms with van der Waals surface area (Å²) >= 11 is 0. The number of halogens is 4. The summed E-state index contributed by atoms with van der Waals surface area (Å²) in [5.41, 5.74) is 0.787. The van der Waals surface area contributed by atoms with Crippen LogP contribution in [-0.2, 0) is 11.0 Å². The lowest BCUT2D eigenvalue weighted by molar-refractivity contribution is -0.140. The summed E-state index contributed by atoms with van der Waals surface area (Å²) in [6.45, 7) is 1.22. The van der Waals surface area contributed by atoms with Gasteiger partial charge in [-0.25, -0.2) is 9.18 Å². The number of nitrogens with zero attached hydrogens (tertiary/aromatic N) is 3. The molecule has 7 nitrogen and oxygen atoms in total. The molecule has 0 aromatic heterocycles. The van der Waals surface area contributed by atoms with Gasteiger partial charge < -0.3 is 15.5 Å². The van der Waals surface area contributed by atoms with Gasteiger partial charge in [-0.3, -0.25) is 9.69 Å². The van der Waals surface area contributed by atoms with E-state index in [0.717, 1.165) is 17.2 Å². The number of alkyl halides is 3. The van der Waals surface area contributed by atoms with Gasteiger partial charge in [-0.15, -0.1) is 0 Å². The average molecular weight is 556 g/mol. The second kappa shape index (κ2) is 13.6. The number of nitriles is 1. The fraction of sp³-hybridized carbons (Fsp3) is 0.276. The van der Waals surface area contributed by atoms with Crippen molar-refractivity contribution in [1.82, 2.24) is 10.2 Å². The first-order valence-electron chi connectivity index (χ1n) is 12.4. The summed E-state index contributed by atoms with van der Waals surface area (Å²) in [5.74, 6) is -1.64. The molecule has 11 heteroatoms. The second-order valence-electron chi connectivity index (χ2n) is 9.27. The molecule has 0 saturated heterocycles. The summed E-state index contributed by atoms with van der Waals surface area (Å²) < 4.78 is 53.2. The fourth-order valence-corrected chi connectivity index (χ4v) is 3.87. The van der Waals surface area contributed by atoms with Crippen LogP contribution in [0.15, 0.2) is 66.7 Å². The highest BCUT2D eigenvalue weighted by atomic mass is 19.4. The van der Waals surface area contributed by atoms with Gasteiger partial charge in [-0.2, -0.15) is 18.4 Å². The van der Waals surface area contributed by atoms with Gasteiger partial charge in [0, 0.05) is 37.4 Å². The molecule has 0 aliphatic carbocycles. The molecule has 0 unspecified atom stereocenters. The Morgan fingerprint density at radius 2 is 1.68 bits per heavy atom. The van der Waals surface area contributed by atoms with Crippen molar-refractivity contribution in [3.63, 3.8) is 0 Å². The Morgan fingerprint density at radius 1 is 0.950 bits per heavy atom. The number of hydrogen-bond donors (Lipinski definition) is 2. The molecule has 0 fully saturated rings. The lowest BCUT2D eigenvalue weighted by Gasteiger charge is -2.24. The quantitative estimate of drug-likeness (QED) is 0.306. The third kappa shape index (κ3) is 8.54. The summed E-state index contributed by atoms with van der Waals surface area (Å²) in [4.78, 5) is 28.7. The number of hydrogen-bond acceptors (Lipinski definition) is 4. The monoisotopic (exact) mass is 555 g/mol. The number of carbonyl (C=O) groups excluding carboxylic acids is 2. The van der Waals surface area contributed by atoms with Crippen molar-refractivity contribution in [2.45, 2.75) is 19.0 Å². The Morgan fingerprint density at radius 3 is 2.33 bits per heavy atom. The minimum absolute atomic E-state index is 0.0868. The molecule has 0 aliphatic rings. The lowest BCUT2D eigenvalue weighted by Crippen LogP contribution is -2.37. The third-order valence-electron chi connectivity index (χ3n) is 5.94. The number of likely N-dealkylation sites (N-methyl/N-ethyl adjacent to an activating group) is 1. The van der Waals surface area contributed by atoms with Crippen LogP contribution in [0.1, 0.15) is 24.0 Å². The molecule has 0 bridgehead atoms. The van der Waals surface area contributed by atoms with E-state index in [4.69, 9.17) is 5.26 Å². The standard InChI is InChI=1S/C29H29F4N5O2/c1-37(2)16-14-35-27(39)7-4-15-38(28(40)36-23-10-13-26(30)25(18-23)29(31,32)33)24-11-8-21(9-12-24)22-6-3-5-20(17-22)19-34/h3,5-6,8-13,17-18H,4,7,14-16H2,1-2H3,(H,35,39)(H,36,40). The Labute approximate surface area is 230 Å². The van der Waals surface area contributed by atoms with Crippen molar-refractivity contribution in [1.29, 1.82) is 5.26 Å². The van der Waals surface area contributed by atoms with Crippen LogP contribution in [0.5, 0.6) is 0 Å². The van der Waals surface area contributed by atoms with Gasteiger partial charge in [-0.05, 0) is 74.1 Å². The Hall–Kier alpha value is -4.43. The molecule has 0 atom stereocenters. The normalized spacial score (nSPS) is 11.2. The largest absolute Gasteiger partial charge is 0.419 e. The van der Waals surface area contributed by atoms with Gasteiger partial charge in [0.15, 0.2) is 0 Å². The van der Waals surface area contributed by atoms with Crippen molar-refractivity contribution in [2.75, 3.05) is 43.9 Å². The van der Waals surface area contributed by atoms with E-state index in [0.29, 0.717) is 36.5 Å². The Kier molecular flexibility index (Phi) is 10.2. The number of amides is 3. The zero-order valence-corrected chi connectivity index (χ0v) is 22.1. The van der Waals surface area contributed by atoms with Crippen LogP contribution in [-0.4, -0.2) is 50.6 Å². The molecule has 210 valence electrons. The van der Waals surface area contributed by atoms with E-state index in [1.165, 1.54) is 4.90 Å². The minimum Gasteiger partial charge on any atom is -0.355 e. The fourth-order valence-electron chi connectivity index (χ4n) is 3.87. The van der Waals surface area contributed by atoms with Gasteiger partial charge in [0.05, 0.1) is 17.2 Å². The van der Waals surface area contributed by atoms with Crippen LogP contribution in [0.4, 0.5) is 33.7 Å². The van der Waals surface area contributed by atoms with E-state index in [9.17, 15) is 27.2 Å². The molecule has 40 heavy (non-hydrogen) atoms. The van der Waals surface area contributed by atoms with E-state index in [2.05, 4.69) is 16.7 Å². The number of nitrogens with one attached hydrogen (secondary N) is 2. The SMILES string of the molecule is CN(C)CCNC(=O)CCCN(C(=O)Nc1ccc(F)c(C(F)(F)F)c1)c1ccc(-c2cccc(C#N)c2)cc1. The van der Waals surface area contributed by atoms with Gasteiger partial charge in [-0.1, -0.05) is 24.3 Å². The number of benzene rings is 3. The molecule has 0 spiro atoms. The van der Waals surface area contributed by atoms with Crippen molar-refractivity contribution < 1.29 is 27.2 Å².